The van der Waals surface area contributed by atoms with Crippen LogP contribution < -0.4 is 0 Å². The van der Waals surface area contributed by atoms with Crippen molar-refractivity contribution in [2.45, 2.75) is 104 Å². The van der Waals surface area contributed by atoms with Crippen molar-refractivity contribution >= 4 is 94.3 Å². The van der Waals surface area contributed by atoms with E-state index in [2.05, 4.69) is 82.7 Å². The van der Waals surface area contributed by atoms with E-state index in [-0.39, 0.29) is 0 Å². The lowest BCUT2D eigenvalue weighted by Crippen LogP contribution is -1.82. The lowest BCUT2D eigenvalue weighted by molar-refractivity contribution is 0.609. The van der Waals surface area contributed by atoms with Crippen LogP contribution in [0.15, 0.2) is 12.1 Å². The van der Waals surface area contributed by atoms with Crippen LogP contribution in [-0.2, 0) is 12.8 Å². The normalized spacial score (nSPS) is 12.4. The van der Waals surface area contributed by atoms with Crippen molar-refractivity contribution in [2.24, 2.45) is 0 Å². The Morgan fingerprint density at radius 3 is 1.27 bits per heavy atom. The molecule has 5 heteroatoms. The fourth-order valence-electron chi connectivity index (χ4n) is 4.82. The molecule has 178 valence electrons. The summed E-state index contributed by atoms with van der Waals surface area (Å²) < 4.78 is 12.5. The van der Waals surface area contributed by atoms with E-state index in [0.717, 1.165) is 0 Å². The van der Waals surface area contributed by atoms with E-state index >= 15 is 0 Å². The predicted molar refractivity (Wildman–Crippen MR) is 160 cm³/mol. The highest BCUT2D eigenvalue weighted by Crippen LogP contribution is 2.53. The van der Waals surface area contributed by atoms with E-state index in [1.54, 1.807) is 38.0 Å². The summed E-state index contributed by atoms with van der Waals surface area (Å²) in [6.45, 7) is 4.60. The van der Waals surface area contributed by atoms with Gasteiger partial charge in [-0.05, 0) is 37.8 Å². The Labute approximate surface area is 218 Å². The third-order valence-corrected chi connectivity index (χ3v) is 13.6. The minimum atomic E-state index is 1.27. The van der Waals surface area contributed by atoms with Crippen molar-refractivity contribution in [1.82, 2.24) is 0 Å². The molecule has 0 nitrogen and oxygen atoms in total. The van der Waals surface area contributed by atoms with Crippen molar-refractivity contribution in [2.75, 3.05) is 0 Å². The van der Waals surface area contributed by atoms with Crippen molar-refractivity contribution < 1.29 is 0 Å². The third-order valence-electron chi connectivity index (χ3n) is 6.71. The van der Waals surface area contributed by atoms with Gasteiger partial charge in [-0.25, -0.2) is 0 Å². The number of unbranched alkanes of at least 4 members (excludes halogenated alkanes) is 10. The zero-order chi connectivity index (χ0) is 22.6. The van der Waals surface area contributed by atoms with Gasteiger partial charge in [-0.1, -0.05) is 78.1 Å². The second-order valence-electron chi connectivity index (χ2n) is 9.47. The van der Waals surface area contributed by atoms with Crippen molar-refractivity contribution in [3.63, 3.8) is 0 Å². The lowest BCUT2D eigenvalue weighted by Gasteiger charge is -1.99. The fraction of sp³-hybridized carbons (Fsp3) is 0.571. The first kappa shape index (κ1) is 24.2. The van der Waals surface area contributed by atoms with E-state index in [1.807, 2.05) is 0 Å². The molecule has 0 saturated carbocycles. The third kappa shape index (κ3) is 5.38. The van der Waals surface area contributed by atoms with E-state index < -0.39 is 0 Å². The maximum Gasteiger partial charge on any atom is 0.0651 e. The molecular weight excluding hydrogens is 497 g/mol. The molecule has 0 aliphatic carbocycles. The first-order valence-corrected chi connectivity index (χ1v) is 17.1. The highest BCUT2D eigenvalue weighted by molar-refractivity contribution is 7.48. The Hall–Kier alpha value is -0.460. The van der Waals surface area contributed by atoms with Crippen LogP contribution in [0.3, 0.4) is 0 Å². The molecule has 0 unspecified atom stereocenters. The van der Waals surface area contributed by atoms with E-state index in [1.165, 1.54) is 99.3 Å². The minimum Gasteiger partial charge on any atom is -0.138 e. The van der Waals surface area contributed by atoms with Crippen molar-refractivity contribution in [3.05, 3.63) is 21.9 Å². The number of rotatable bonds is 14. The van der Waals surface area contributed by atoms with Gasteiger partial charge in [0.2, 0.25) is 0 Å². The Morgan fingerprint density at radius 1 is 0.424 bits per heavy atom. The first-order chi connectivity index (χ1) is 16.3. The van der Waals surface area contributed by atoms with Gasteiger partial charge in [0.1, 0.15) is 0 Å². The molecule has 33 heavy (non-hydrogen) atoms. The summed E-state index contributed by atoms with van der Waals surface area (Å²) in [6.07, 6.45) is 19.2. The Balaban J connectivity index is 1.27. The van der Waals surface area contributed by atoms with Crippen LogP contribution in [0.5, 0.6) is 0 Å². The quantitative estimate of drug-likeness (QED) is 0.125. The number of hydrogen-bond donors (Lipinski definition) is 0. The molecule has 0 spiro atoms. The summed E-state index contributed by atoms with van der Waals surface area (Å²) in [5.41, 5.74) is 0. The monoisotopic (exact) mass is 532 g/mol. The molecule has 0 fully saturated rings. The van der Waals surface area contributed by atoms with E-state index in [0.29, 0.717) is 0 Å². The average Bonchev–Trinajstić information content (AvgIpc) is 3.58. The van der Waals surface area contributed by atoms with Crippen LogP contribution >= 0.6 is 56.7 Å². The maximum absolute atomic E-state index is 2.50. The molecule has 0 aliphatic heterocycles. The molecule has 0 N–H and O–H groups in total. The van der Waals surface area contributed by atoms with Gasteiger partial charge in [-0.2, -0.15) is 0 Å². The van der Waals surface area contributed by atoms with Crippen LogP contribution in [-0.4, -0.2) is 0 Å². The van der Waals surface area contributed by atoms with Crippen LogP contribution in [0.25, 0.3) is 37.6 Å². The molecule has 0 aliphatic rings. The second-order valence-corrected chi connectivity index (χ2v) is 14.9. The molecule has 5 aromatic heterocycles. The predicted octanol–water partition coefficient (Wildman–Crippen LogP) is 12.4. The van der Waals surface area contributed by atoms with Gasteiger partial charge in [0.25, 0.3) is 0 Å². The summed E-state index contributed by atoms with van der Waals surface area (Å²) in [4.78, 5) is 3.21. The maximum atomic E-state index is 2.50. The molecule has 5 heterocycles. The SMILES string of the molecule is CCCCCCCCc1cc2sc3c(sc4c5sc(CCCCCCCC)cc5sc43)c2s1. The van der Waals surface area contributed by atoms with E-state index in [4.69, 9.17) is 0 Å². The molecule has 5 rings (SSSR count). The number of thiophene rings is 5. The topological polar surface area (TPSA) is 0 Å². The molecule has 5 aromatic rings. The van der Waals surface area contributed by atoms with Gasteiger partial charge in [0.05, 0.1) is 28.2 Å². The molecular formula is C28H36S5. The summed E-state index contributed by atoms with van der Waals surface area (Å²) >= 11 is 10.3. The van der Waals surface area contributed by atoms with Gasteiger partial charge in [0, 0.05) is 19.2 Å². The molecule has 0 radical (unpaired) electrons. The average molecular weight is 533 g/mol. The number of aryl methyl sites for hydroxylation is 2. The summed E-state index contributed by atoms with van der Waals surface area (Å²) in [6, 6.07) is 5.01. The smallest absolute Gasteiger partial charge is 0.0651 e. The van der Waals surface area contributed by atoms with Crippen molar-refractivity contribution in [3.8, 4) is 0 Å². The molecule has 0 amide bonds. The zero-order valence-electron chi connectivity index (χ0n) is 20.1. The van der Waals surface area contributed by atoms with Gasteiger partial charge >= 0.3 is 0 Å². The molecule has 0 aromatic carbocycles. The van der Waals surface area contributed by atoms with Gasteiger partial charge in [-0.15, -0.1) is 56.7 Å². The van der Waals surface area contributed by atoms with Gasteiger partial charge < -0.3 is 0 Å². The Bertz CT molecular complexity index is 1200. The zero-order valence-corrected chi connectivity index (χ0v) is 24.2. The number of hydrogen-bond acceptors (Lipinski definition) is 5. The summed E-state index contributed by atoms with van der Waals surface area (Å²) in [5, 5.41) is 0. The highest BCUT2D eigenvalue weighted by Gasteiger charge is 2.19. The van der Waals surface area contributed by atoms with Gasteiger partial charge in [-0.3, -0.25) is 0 Å². The van der Waals surface area contributed by atoms with Gasteiger partial charge in [0.15, 0.2) is 0 Å². The van der Waals surface area contributed by atoms with Crippen molar-refractivity contribution in [1.29, 1.82) is 0 Å². The largest absolute Gasteiger partial charge is 0.138 e. The molecule has 0 atom stereocenters. The lowest BCUT2D eigenvalue weighted by atomic mass is 10.1. The summed E-state index contributed by atoms with van der Waals surface area (Å²) in [7, 11) is 0. The van der Waals surface area contributed by atoms with Crippen LogP contribution in [0.1, 0.15) is 101 Å². The van der Waals surface area contributed by atoms with E-state index in [9.17, 15) is 0 Å². The minimum absolute atomic E-state index is 1.27. The Kier molecular flexibility index (Phi) is 8.46. The highest BCUT2D eigenvalue weighted by atomic mass is 32.1. The first-order valence-electron chi connectivity index (χ1n) is 13.1. The second kappa shape index (κ2) is 11.5. The molecule has 0 saturated heterocycles. The Morgan fingerprint density at radius 2 is 0.818 bits per heavy atom. The summed E-state index contributed by atoms with van der Waals surface area (Å²) in [5.74, 6) is 0. The number of fused-ring (bicyclic) bond motifs is 7. The molecule has 0 bridgehead atoms. The fourth-order valence-corrected chi connectivity index (χ4v) is 12.2. The van der Waals surface area contributed by atoms with Crippen LogP contribution in [0, 0.1) is 0 Å². The van der Waals surface area contributed by atoms with Crippen LogP contribution in [0.2, 0.25) is 0 Å². The standard InChI is InChI=1S/C28H36S5/c1-3-5-7-9-11-13-15-19-17-21-23(29-19)25-27(31-21)28-26(33-25)24-22(32-28)18-20(30-24)16-14-12-10-8-6-4-2/h17-18H,3-16H2,1-2H3. The van der Waals surface area contributed by atoms with Crippen LogP contribution in [0.4, 0.5) is 0 Å².